The zero-order valence-electron chi connectivity index (χ0n) is 11.1. The Bertz CT molecular complexity index is 697. The Labute approximate surface area is 121 Å². The number of halogens is 3. The Morgan fingerprint density at radius 1 is 1.50 bits per heavy atom. The van der Waals surface area contributed by atoms with E-state index in [4.69, 9.17) is 4.52 Å². The van der Waals surface area contributed by atoms with Crippen LogP contribution >= 0.6 is 0 Å². The van der Waals surface area contributed by atoms with E-state index < -0.39 is 23.2 Å². The molecular formula is C12H9F3N4O3. The third-order valence-electron chi connectivity index (χ3n) is 2.43. The van der Waals surface area contributed by atoms with Crippen LogP contribution in [0.15, 0.2) is 34.2 Å². The average Bonchev–Trinajstić information content (AvgIpc) is 2.91. The molecule has 1 N–H and O–H groups in total. The summed E-state index contributed by atoms with van der Waals surface area (Å²) in [5, 5.41) is 9.09. The summed E-state index contributed by atoms with van der Waals surface area (Å²) in [6.45, 7) is 0. The maximum absolute atomic E-state index is 12.8. The van der Waals surface area contributed by atoms with Gasteiger partial charge in [-0.2, -0.15) is 13.2 Å². The lowest BCUT2D eigenvalue weighted by molar-refractivity contribution is -0.138. The Kier molecular flexibility index (Phi) is 4.39. The zero-order chi connectivity index (χ0) is 16.2. The van der Waals surface area contributed by atoms with Crippen LogP contribution in [0.25, 0.3) is 0 Å². The number of alkyl halides is 3. The summed E-state index contributed by atoms with van der Waals surface area (Å²) >= 11 is 0. The van der Waals surface area contributed by atoms with Crippen molar-refractivity contribution in [1.29, 1.82) is 0 Å². The van der Waals surface area contributed by atoms with Crippen LogP contribution in [0.5, 0.6) is 0 Å². The van der Waals surface area contributed by atoms with E-state index in [1.165, 1.54) is 19.4 Å². The van der Waals surface area contributed by atoms with Crippen LogP contribution in [-0.2, 0) is 11.0 Å². The van der Waals surface area contributed by atoms with E-state index in [0.29, 0.717) is 6.07 Å². The van der Waals surface area contributed by atoms with Gasteiger partial charge in [0, 0.05) is 18.5 Å². The van der Waals surface area contributed by atoms with Gasteiger partial charge in [-0.25, -0.2) is 0 Å². The Hall–Kier alpha value is -2.91. The maximum Gasteiger partial charge on any atom is 0.417 e. The molecule has 0 saturated carbocycles. The smallest absolute Gasteiger partial charge is 0.399 e. The lowest BCUT2D eigenvalue weighted by atomic mass is 10.1. The lowest BCUT2D eigenvalue weighted by Gasteiger charge is -2.10. The molecule has 0 bridgehead atoms. The van der Waals surface area contributed by atoms with Crippen LogP contribution in [0.3, 0.4) is 0 Å². The summed E-state index contributed by atoms with van der Waals surface area (Å²) < 4.78 is 43.2. The van der Waals surface area contributed by atoms with E-state index in [9.17, 15) is 18.0 Å². The normalized spacial score (nSPS) is 11.6. The fourth-order valence-electron chi connectivity index (χ4n) is 1.52. The number of anilines is 1. The number of nitrogens with zero attached hydrogens (tertiary/aromatic N) is 3. The molecule has 0 saturated heterocycles. The van der Waals surface area contributed by atoms with E-state index in [1.54, 1.807) is 0 Å². The van der Waals surface area contributed by atoms with Gasteiger partial charge < -0.3 is 9.36 Å². The van der Waals surface area contributed by atoms with Crippen LogP contribution in [0.4, 0.5) is 19.1 Å². The van der Waals surface area contributed by atoms with E-state index in [0.717, 1.165) is 12.4 Å². The summed E-state index contributed by atoms with van der Waals surface area (Å²) in [5.41, 5.74) is -1.50. The molecule has 2 heterocycles. The van der Waals surface area contributed by atoms with Gasteiger partial charge in [0.05, 0.1) is 17.3 Å². The van der Waals surface area contributed by atoms with E-state index >= 15 is 0 Å². The first-order valence-electron chi connectivity index (χ1n) is 5.77. The molecule has 0 atom stereocenters. The van der Waals surface area contributed by atoms with Crippen molar-refractivity contribution >= 4 is 18.0 Å². The quantitative estimate of drug-likeness (QED) is 0.691. The van der Waals surface area contributed by atoms with Crippen molar-refractivity contribution in [2.45, 2.75) is 6.18 Å². The minimum atomic E-state index is -4.67. The highest BCUT2D eigenvalue weighted by molar-refractivity contribution is 6.04. The second kappa shape index (κ2) is 6.24. The van der Waals surface area contributed by atoms with Gasteiger partial charge in [0.1, 0.15) is 12.8 Å². The van der Waals surface area contributed by atoms with Gasteiger partial charge in [0.15, 0.2) is 0 Å². The van der Waals surface area contributed by atoms with Gasteiger partial charge in [0.2, 0.25) is 5.88 Å². The average molecular weight is 314 g/mol. The molecule has 0 aromatic carbocycles. The fourth-order valence-corrected chi connectivity index (χ4v) is 1.52. The molecule has 0 spiro atoms. The minimum absolute atomic E-state index is 0.139. The summed E-state index contributed by atoms with van der Waals surface area (Å²) in [7, 11) is 1.32. The molecule has 7 nitrogen and oxygen atoms in total. The molecule has 0 aliphatic carbocycles. The number of hydrogen-bond donors (Lipinski definition) is 1. The number of carbonyl (C=O) groups excluding carboxylic acids is 1. The summed E-state index contributed by atoms with van der Waals surface area (Å²) in [6.07, 6.45) is -1.70. The monoisotopic (exact) mass is 314 g/mol. The molecule has 0 aliphatic rings. The van der Waals surface area contributed by atoms with Crippen molar-refractivity contribution in [3.63, 3.8) is 0 Å². The van der Waals surface area contributed by atoms with Crippen LogP contribution in [-0.4, -0.2) is 29.4 Å². The van der Waals surface area contributed by atoms with Crippen molar-refractivity contribution in [3.8, 4) is 0 Å². The van der Waals surface area contributed by atoms with E-state index in [1.807, 2.05) is 0 Å². The SMILES string of the molecule is CO/N=C/c1cc(NC(=O)c2cnccc2C(F)(F)F)on1. The molecule has 116 valence electrons. The highest BCUT2D eigenvalue weighted by Gasteiger charge is 2.35. The Morgan fingerprint density at radius 2 is 2.27 bits per heavy atom. The van der Waals surface area contributed by atoms with E-state index in [-0.39, 0.29) is 11.6 Å². The van der Waals surface area contributed by atoms with Crippen LogP contribution in [0.2, 0.25) is 0 Å². The number of nitrogens with one attached hydrogen (secondary N) is 1. The van der Waals surface area contributed by atoms with Crippen LogP contribution in [0.1, 0.15) is 21.6 Å². The van der Waals surface area contributed by atoms with Crippen molar-refractivity contribution < 1.29 is 27.3 Å². The lowest BCUT2D eigenvalue weighted by Crippen LogP contribution is -2.18. The summed E-state index contributed by atoms with van der Waals surface area (Å²) in [4.78, 5) is 19.9. The number of aromatic nitrogens is 2. The molecule has 22 heavy (non-hydrogen) atoms. The number of rotatable bonds is 4. The number of carbonyl (C=O) groups is 1. The van der Waals surface area contributed by atoms with Gasteiger partial charge in [-0.15, -0.1) is 0 Å². The van der Waals surface area contributed by atoms with Gasteiger partial charge >= 0.3 is 6.18 Å². The summed E-state index contributed by atoms with van der Waals surface area (Å²) in [6, 6.07) is 1.98. The van der Waals surface area contributed by atoms with Crippen LogP contribution in [0, 0.1) is 0 Å². The molecule has 0 aliphatic heterocycles. The topological polar surface area (TPSA) is 89.6 Å². The number of hydrogen-bond acceptors (Lipinski definition) is 6. The van der Waals surface area contributed by atoms with E-state index in [2.05, 4.69) is 25.5 Å². The van der Waals surface area contributed by atoms with Gasteiger partial charge in [-0.05, 0) is 6.07 Å². The molecule has 10 heteroatoms. The van der Waals surface area contributed by atoms with Crippen molar-refractivity contribution in [2.75, 3.05) is 12.4 Å². The highest BCUT2D eigenvalue weighted by atomic mass is 19.4. The first kappa shape index (κ1) is 15.5. The van der Waals surface area contributed by atoms with Crippen molar-refractivity contribution in [1.82, 2.24) is 10.1 Å². The van der Waals surface area contributed by atoms with Crippen LogP contribution < -0.4 is 5.32 Å². The third kappa shape index (κ3) is 3.59. The first-order chi connectivity index (χ1) is 10.4. The zero-order valence-corrected chi connectivity index (χ0v) is 11.1. The first-order valence-corrected chi connectivity index (χ1v) is 5.77. The van der Waals surface area contributed by atoms with Gasteiger partial charge in [0.25, 0.3) is 5.91 Å². The van der Waals surface area contributed by atoms with Gasteiger partial charge in [-0.1, -0.05) is 10.3 Å². The second-order valence-corrected chi connectivity index (χ2v) is 3.91. The number of pyridine rings is 1. The highest BCUT2D eigenvalue weighted by Crippen LogP contribution is 2.31. The fraction of sp³-hybridized carbons (Fsp3) is 0.167. The molecule has 0 fully saturated rings. The molecule has 0 unspecified atom stereocenters. The van der Waals surface area contributed by atoms with Crippen molar-refractivity contribution in [2.24, 2.45) is 5.16 Å². The molecule has 2 aromatic rings. The Morgan fingerprint density at radius 3 is 2.95 bits per heavy atom. The molecule has 1 amide bonds. The number of amides is 1. The standard InChI is InChI=1S/C12H9F3N4O3/c1-21-17-5-7-4-10(22-19-7)18-11(20)8-6-16-3-2-9(8)12(13,14)15/h2-6H,1H3,(H,18,20)/b17-5+. The van der Waals surface area contributed by atoms with Crippen molar-refractivity contribution in [3.05, 3.63) is 41.3 Å². The second-order valence-electron chi connectivity index (χ2n) is 3.91. The third-order valence-corrected chi connectivity index (χ3v) is 2.43. The molecule has 2 rings (SSSR count). The Balaban J connectivity index is 2.20. The minimum Gasteiger partial charge on any atom is -0.399 e. The predicted octanol–water partition coefficient (Wildman–Crippen LogP) is 2.32. The molecule has 0 radical (unpaired) electrons. The largest absolute Gasteiger partial charge is 0.417 e. The molecular weight excluding hydrogens is 305 g/mol. The molecule has 2 aromatic heterocycles. The summed E-state index contributed by atoms with van der Waals surface area (Å²) in [5.74, 6) is -1.16. The predicted molar refractivity (Wildman–Crippen MR) is 68.3 cm³/mol. The van der Waals surface area contributed by atoms with Gasteiger partial charge in [-0.3, -0.25) is 15.1 Å². The number of oxime groups is 1. The maximum atomic E-state index is 12.8.